The first-order valence-electron chi connectivity index (χ1n) is 4.29. The predicted octanol–water partition coefficient (Wildman–Crippen LogP) is 0.803. The molecular weight excluding hydrogens is 198 g/mol. The van der Waals surface area contributed by atoms with Gasteiger partial charge in [0.1, 0.15) is 11.3 Å². The van der Waals surface area contributed by atoms with Crippen molar-refractivity contribution in [2.75, 3.05) is 0 Å². The van der Waals surface area contributed by atoms with Crippen LogP contribution in [0.1, 0.15) is 23.8 Å². The molecule has 0 radical (unpaired) electrons. The average molecular weight is 209 g/mol. The topological polar surface area (TPSA) is 69.6 Å². The van der Waals surface area contributed by atoms with Gasteiger partial charge in [0, 0.05) is 11.6 Å². The fourth-order valence-corrected chi connectivity index (χ4v) is 1.67. The molecule has 0 bridgehead atoms. The number of hydrogen-bond acceptors (Lipinski definition) is 5. The molecule has 2 aromatic rings. The minimum Gasteiger partial charge on any atom is -0.321 e. The van der Waals surface area contributed by atoms with Gasteiger partial charge in [-0.25, -0.2) is 14.6 Å². The third kappa shape index (κ3) is 1.97. The van der Waals surface area contributed by atoms with Crippen LogP contribution in [-0.2, 0) is 6.54 Å². The highest BCUT2D eigenvalue weighted by molar-refractivity contribution is 7.09. The number of thiazole rings is 1. The van der Waals surface area contributed by atoms with Crippen LogP contribution in [0.3, 0.4) is 0 Å². The molecule has 5 nitrogen and oxygen atoms in total. The van der Waals surface area contributed by atoms with Gasteiger partial charge in [-0.15, -0.1) is 11.3 Å². The zero-order valence-corrected chi connectivity index (χ0v) is 8.61. The fourth-order valence-electron chi connectivity index (χ4n) is 1.06. The number of nitrogens with two attached hydrogens (primary N) is 1. The zero-order valence-electron chi connectivity index (χ0n) is 7.79. The van der Waals surface area contributed by atoms with Crippen LogP contribution in [0.4, 0.5) is 0 Å². The quantitative estimate of drug-likeness (QED) is 0.811. The van der Waals surface area contributed by atoms with Gasteiger partial charge >= 0.3 is 0 Å². The van der Waals surface area contributed by atoms with Gasteiger partial charge in [0.15, 0.2) is 5.82 Å². The standard InChI is InChI=1S/C8H11N5S/c1-6(9)8-11-5-13(12-8)4-7-10-2-3-14-7/h2-3,5-6H,4,9H2,1H3. The molecule has 0 aliphatic rings. The second kappa shape index (κ2) is 3.85. The zero-order chi connectivity index (χ0) is 9.97. The van der Waals surface area contributed by atoms with Crippen LogP contribution in [-0.4, -0.2) is 19.7 Å². The van der Waals surface area contributed by atoms with E-state index in [2.05, 4.69) is 15.1 Å². The van der Waals surface area contributed by atoms with Crippen LogP contribution in [0.2, 0.25) is 0 Å². The molecule has 2 rings (SSSR count). The lowest BCUT2D eigenvalue weighted by Gasteiger charge is -1.97. The Labute approximate surface area is 85.6 Å². The third-order valence-electron chi connectivity index (χ3n) is 1.74. The monoisotopic (exact) mass is 209 g/mol. The molecule has 0 aliphatic heterocycles. The van der Waals surface area contributed by atoms with E-state index in [-0.39, 0.29) is 6.04 Å². The first kappa shape index (κ1) is 9.29. The van der Waals surface area contributed by atoms with Crippen molar-refractivity contribution < 1.29 is 0 Å². The largest absolute Gasteiger partial charge is 0.321 e. The van der Waals surface area contributed by atoms with E-state index >= 15 is 0 Å². The van der Waals surface area contributed by atoms with Gasteiger partial charge in [-0.3, -0.25) is 0 Å². The van der Waals surface area contributed by atoms with E-state index in [1.54, 1.807) is 28.5 Å². The van der Waals surface area contributed by atoms with Gasteiger partial charge in [0.25, 0.3) is 0 Å². The minimum atomic E-state index is -0.118. The second-order valence-electron chi connectivity index (χ2n) is 3.01. The van der Waals surface area contributed by atoms with Gasteiger partial charge in [-0.1, -0.05) is 0 Å². The lowest BCUT2D eigenvalue weighted by Crippen LogP contribution is -2.08. The Balaban J connectivity index is 2.11. The van der Waals surface area contributed by atoms with E-state index in [1.807, 2.05) is 12.3 Å². The Morgan fingerprint density at radius 3 is 3.00 bits per heavy atom. The van der Waals surface area contributed by atoms with Crippen molar-refractivity contribution in [3.05, 3.63) is 28.7 Å². The summed E-state index contributed by atoms with van der Waals surface area (Å²) in [6.07, 6.45) is 3.46. The lowest BCUT2D eigenvalue weighted by atomic mass is 10.4. The summed E-state index contributed by atoms with van der Waals surface area (Å²) in [4.78, 5) is 8.26. The highest BCUT2D eigenvalue weighted by atomic mass is 32.1. The maximum Gasteiger partial charge on any atom is 0.166 e. The number of aromatic nitrogens is 4. The van der Waals surface area contributed by atoms with E-state index in [0.717, 1.165) is 5.01 Å². The SMILES string of the molecule is CC(N)c1ncn(Cc2nccs2)n1. The molecule has 74 valence electrons. The third-order valence-corrected chi connectivity index (χ3v) is 2.51. The van der Waals surface area contributed by atoms with Crippen molar-refractivity contribution in [3.63, 3.8) is 0 Å². The summed E-state index contributed by atoms with van der Waals surface area (Å²) in [6.45, 7) is 2.53. The summed E-state index contributed by atoms with van der Waals surface area (Å²) in [7, 11) is 0. The molecule has 0 saturated heterocycles. The smallest absolute Gasteiger partial charge is 0.166 e. The molecule has 0 aromatic carbocycles. The molecule has 0 amide bonds. The molecule has 0 aliphatic carbocycles. The van der Waals surface area contributed by atoms with Crippen LogP contribution in [0.15, 0.2) is 17.9 Å². The number of nitrogens with zero attached hydrogens (tertiary/aromatic N) is 4. The van der Waals surface area contributed by atoms with Gasteiger partial charge in [0.05, 0.1) is 12.6 Å². The van der Waals surface area contributed by atoms with Gasteiger partial charge in [0.2, 0.25) is 0 Å². The predicted molar refractivity (Wildman–Crippen MR) is 53.8 cm³/mol. The molecule has 2 aromatic heterocycles. The van der Waals surface area contributed by atoms with E-state index in [1.165, 1.54) is 0 Å². The van der Waals surface area contributed by atoms with Crippen molar-refractivity contribution >= 4 is 11.3 Å². The summed E-state index contributed by atoms with van der Waals surface area (Å²) < 4.78 is 1.75. The molecule has 1 unspecified atom stereocenters. The first-order valence-corrected chi connectivity index (χ1v) is 5.17. The Morgan fingerprint density at radius 2 is 2.43 bits per heavy atom. The van der Waals surface area contributed by atoms with Crippen LogP contribution >= 0.6 is 11.3 Å². The molecule has 0 fully saturated rings. The van der Waals surface area contributed by atoms with Crippen LogP contribution in [0.25, 0.3) is 0 Å². The summed E-state index contributed by atoms with van der Waals surface area (Å²) in [5.74, 6) is 0.668. The molecule has 2 heterocycles. The maximum absolute atomic E-state index is 5.65. The van der Waals surface area contributed by atoms with Gasteiger partial charge in [-0.05, 0) is 6.92 Å². The number of rotatable bonds is 3. The van der Waals surface area contributed by atoms with E-state index in [4.69, 9.17) is 5.73 Å². The first-order chi connectivity index (χ1) is 6.75. The Hall–Kier alpha value is -1.27. The molecular formula is C8H11N5S. The van der Waals surface area contributed by atoms with E-state index in [0.29, 0.717) is 12.4 Å². The molecule has 2 N–H and O–H groups in total. The molecule has 0 saturated carbocycles. The molecule has 1 atom stereocenters. The van der Waals surface area contributed by atoms with Crippen molar-refractivity contribution in [2.24, 2.45) is 5.73 Å². The van der Waals surface area contributed by atoms with Crippen molar-refractivity contribution in [1.82, 2.24) is 19.7 Å². The van der Waals surface area contributed by atoms with Gasteiger partial charge in [-0.2, -0.15) is 5.10 Å². The van der Waals surface area contributed by atoms with E-state index < -0.39 is 0 Å². The lowest BCUT2D eigenvalue weighted by molar-refractivity contribution is 0.647. The van der Waals surface area contributed by atoms with Crippen LogP contribution < -0.4 is 5.73 Å². The summed E-state index contributed by atoms with van der Waals surface area (Å²) in [5.41, 5.74) is 5.65. The van der Waals surface area contributed by atoms with Crippen molar-refractivity contribution in [2.45, 2.75) is 19.5 Å². The molecule has 14 heavy (non-hydrogen) atoms. The van der Waals surface area contributed by atoms with E-state index in [9.17, 15) is 0 Å². The summed E-state index contributed by atoms with van der Waals surface area (Å²) in [5, 5.41) is 7.19. The second-order valence-corrected chi connectivity index (χ2v) is 3.99. The highest BCUT2D eigenvalue weighted by Crippen LogP contribution is 2.07. The fraction of sp³-hybridized carbons (Fsp3) is 0.375. The maximum atomic E-state index is 5.65. The molecule has 6 heteroatoms. The van der Waals surface area contributed by atoms with Gasteiger partial charge < -0.3 is 5.73 Å². The van der Waals surface area contributed by atoms with Crippen molar-refractivity contribution in [1.29, 1.82) is 0 Å². The molecule has 0 spiro atoms. The highest BCUT2D eigenvalue weighted by Gasteiger charge is 2.06. The summed E-state index contributed by atoms with van der Waals surface area (Å²) >= 11 is 1.60. The van der Waals surface area contributed by atoms with Crippen LogP contribution in [0, 0.1) is 0 Å². The Kier molecular flexibility index (Phi) is 2.55. The number of hydrogen-bond donors (Lipinski definition) is 1. The summed E-state index contributed by atoms with van der Waals surface area (Å²) in [6, 6.07) is -0.118. The minimum absolute atomic E-state index is 0.118. The normalized spacial score (nSPS) is 13.0. The average Bonchev–Trinajstić information content (AvgIpc) is 2.75. The van der Waals surface area contributed by atoms with Crippen molar-refractivity contribution in [3.8, 4) is 0 Å². The Morgan fingerprint density at radius 1 is 1.57 bits per heavy atom. The van der Waals surface area contributed by atoms with Crippen LogP contribution in [0.5, 0.6) is 0 Å². The Bertz CT molecular complexity index is 392.